The molecule has 2 aromatic rings. The van der Waals surface area contributed by atoms with Gasteiger partial charge < -0.3 is 0 Å². The van der Waals surface area contributed by atoms with Crippen LogP contribution in [-0.2, 0) is 19.6 Å². The van der Waals surface area contributed by atoms with E-state index in [0.29, 0.717) is 16.4 Å². The second kappa shape index (κ2) is 5.52. The predicted molar refractivity (Wildman–Crippen MR) is 72.4 cm³/mol. The summed E-state index contributed by atoms with van der Waals surface area (Å²) in [6, 6.07) is 4.71. The van der Waals surface area contributed by atoms with Crippen molar-refractivity contribution < 1.29 is 18.0 Å². The Morgan fingerprint density at radius 3 is 2.48 bits per heavy atom. The molecular formula is C14H12ClF3N2O. The zero-order chi connectivity index (χ0) is 15.8. The smallest absolute Gasteiger partial charge is 0.294 e. The van der Waals surface area contributed by atoms with Gasteiger partial charge in [-0.25, -0.2) is 0 Å². The Morgan fingerprint density at radius 2 is 1.95 bits per heavy atom. The number of ketones is 1. The highest BCUT2D eigenvalue weighted by atomic mass is 35.5. The number of carbonyl (C=O) groups is 1. The average Bonchev–Trinajstić information content (AvgIpc) is 2.64. The minimum absolute atomic E-state index is 0.233. The molecule has 3 nitrogen and oxygen atoms in total. The third-order valence-electron chi connectivity index (χ3n) is 3.12. The van der Waals surface area contributed by atoms with Gasteiger partial charge in [0.1, 0.15) is 0 Å². The minimum atomic E-state index is -4.57. The number of nitrogens with zero attached hydrogens (tertiary/aromatic N) is 2. The van der Waals surface area contributed by atoms with Crippen LogP contribution >= 0.6 is 11.6 Å². The fraction of sp³-hybridized carbons (Fsp3) is 0.286. The number of aryl methyl sites for hydroxylation is 2. The van der Waals surface area contributed by atoms with E-state index in [2.05, 4.69) is 5.10 Å². The SMILES string of the molecule is Cc1nn(C)c(CC(=O)c2ccccc2C(F)(F)F)c1Cl. The molecule has 0 atom stereocenters. The van der Waals surface area contributed by atoms with E-state index in [4.69, 9.17) is 11.6 Å². The lowest BCUT2D eigenvalue weighted by atomic mass is 10.00. The normalized spacial score (nSPS) is 11.7. The number of hydrogen-bond acceptors (Lipinski definition) is 2. The topological polar surface area (TPSA) is 34.9 Å². The molecule has 0 aliphatic heterocycles. The molecule has 112 valence electrons. The Bertz CT molecular complexity index is 692. The van der Waals surface area contributed by atoms with Crippen molar-refractivity contribution in [2.45, 2.75) is 19.5 Å². The quantitative estimate of drug-likeness (QED) is 0.807. The summed E-state index contributed by atoms with van der Waals surface area (Å²) in [6.45, 7) is 1.67. The number of benzene rings is 1. The number of rotatable bonds is 3. The van der Waals surface area contributed by atoms with E-state index in [1.165, 1.54) is 22.9 Å². The Hall–Kier alpha value is -1.82. The van der Waals surface area contributed by atoms with Gasteiger partial charge >= 0.3 is 6.18 Å². The largest absolute Gasteiger partial charge is 0.417 e. The summed E-state index contributed by atoms with van der Waals surface area (Å²) in [6.07, 6.45) is -4.80. The Kier molecular flexibility index (Phi) is 4.09. The third kappa shape index (κ3) is 3.10. The maximum Gasteiger partial charge on any atom is 0.417 e. The van der Waals surface area contributed by atoms with Gasteiger partial charge in [0, 0.05) is 12.6 Å². The maximum absolute atomic E-state index is 12.9. The number of carbonyl (C=O) groups excluding carboxylic acids is 1. The first-order valence-corrected chi connectivity index (χ1v) is 6.47. The highest BCUT2D eigenvalue weighted by molar-refractivity contribution is 6.32. The lowest BCUT2D eigenvalue weighted by Crippen LogP contribution is -2.15. The van der Waals surface area contributed by atoms with Crippen LogP contribution in [0.3, 0.4) is 0 Å². The van der Waals surface area contributed by atoms with Crippen molar-refractivity contribution >= 4 is 17.4 Å². The third-order valence-corrected chi connectivity index (χ3v) is 3.61. The summed E-state index contributed by atoms with van der Waals surface area (Å²) in [5.74, 6) is -0.646. The predicted octanol–water partition coefficient (Wildman–Crippen LogP) is 3.83. The second-order valence-electron chi connectivity index (χ2n) is 4.61. The van der Waals surface area contributed by atoms with Crippen molar-refractivity contribution in [2.24, 2.45) is 7.05 Å². The number of aromatic nitrogens is 2. The van der Waals surface area contributed by atoms with E-state index in [0.717, 1.165) is 6.07 Å². The van der Waals surface area contributed by atoms with Gasteiger partial charge in [-0.05, 0) is 13.0 Å². The highest BCUT2D eigenvalue weighted by Crippen LogP contribution is 2.32. The van der Waals surface area contributed by atoms with Gasteiger partial charge in [0.2, 0.25) is 0 Å². The summed E-state index contributed by atoms with van der Waals surface area (Å²) in [5.41, 5.74) is -0.368. The zero-order valence-electron chi connectivity index (χ0n) is 11.3. The van der Waals surface area contributed by atoms with E-state index >= 15 is 0 Å². The molecule has 0 aliphatic rings. The molecule has 0 fully saturated rings. The molecule has 0 aliphatic carbocycles. The molecule has 1 aromatic heterocycles. The van der Waals surface area contributed by atoms with Crippen LogP contribution in [0.15, 0.2) is 24.3 Å². The van der Waals surface area contributed by atoms with Crippen LogP contribution in [0, 0.1) is 6.92 Å². The first-order chi connectivity index (χ1) is 9.71. The Morgan fingerprint density at radius 1 is 1.33 bits per heavy atom. The van der Waals surface area contributed by atoms with Crippen LogP contribution in [0.25, 0.3) is 0 Å². The van der Waals surface area contributed by atoms with E-state index in [-0.39, 0.29) is 12.0 Å². The first kappa shape index (κ1) is 15.6. The Labute approximate surface area is 124 Å². The van der Waals surface area contributed by atoms with Gasteiger partial charge in [0.15, 0.2) is 5.78 Å². The summed E-state index contributed by atoms with van der Waals surface area (Å²) >= 11 is 6.02. The van der Waals surface area contributed by atoms with Crippen LogP contribution in [0.4, 0.5) is 13.2 Å². The van der Waals surface area contributed by atoms with E-state index in [1.54, 1.807) is 14.0 Å². The van der Waals surface area contributed by atoms with Crippen molar-refractivity contribution in [3.8, 4) is 0 Å². The van der Waals surface area contributed by atoms with E-state index in [9.17, 15) is 18.0 Å². The molecule has 0 saturated carbocycles. The molecule has 0 radical (unpaired) electrons. The number of halogens is 4. The molecule has 2 rings (SSSR count). The average molecular weight is 317 g/mol. The monoisotopic (exact) mass is 316 g/mol. The first-order valence-electron chi connectivity index (χ1n) is 6.09. The lowest BCUT2D eigenvalue weighted by Gasteiger charge is -2.11. The summed E-state index contributed by atoms with van der Waals surface area (Å²) < 4.78 is 40.2. The van der Waals surface area contributed by atoms with Crippen LogP contribution in [0.2, 0.25) is 5.02 Å². The fourth-order valence-electron chi connectivity index (χ4n) is 2.09. The molecule has 0 amide bonds. The fourth-order valence-corrected chi connectivity index (χ4v) is 2.32. The molecule has 0 spiro atoms. The number of Topliss-reactive ketones (excluding diaryl/α,β-unsaturated/α-hetero) is 1. The second-order valence-corrected chi connectivity index (χ2v) is 4.99. The molecule has 0 bridgehead atoms. The van der Waals surface area contributed by atoms with E-state index in [1.807, 2.05) is 0 Å². The van der Waals surface area contributed by atoms with Gasteiger partial charge in [0.25, 0.3) is 0 Å². The van der Waals surface area contributed by atoms with Gasteiger partial charge in [-0.3, -0.25) is 9.48 Å². The maximum atomic E-state index is 12.9. The summed E-state index contributed by atoms with van der Waals surface area (Å²) in [4.78, 5) is 12.2. The molecule has 1 aromatic carbocycles. The number of alkyl halides is 3. The molecule has 0 unspecified atom stereocenters. The molecule has 21 heavy (non-hydrogen) atoms. The molecule has 0 saturated heterocycles. The van der Waals surface area contributed by atoms with Gasteiger partial charge in [-0.15, -0.1) is 0 Å². The van der Waals surface area contributed by atoms with Crippen molar-refractivity contribution in [1.29, 1.82) is 0 Å². The molecule has 7 heteroatoms. The lowest BCUT2D eigenvalue weighted by molar-refractivity contribution is -0.137. The highest BCUT2D eigenvalue weighted by Gasteiger charge is 2.35. The summed E-state index contributed by atoms with van der Waals surface area (Å²) in [7, 11) is 1.59. The minimum Gasteiger partial charge on any atom is -0.294 e. The molecule has 0 N–H and O–H groups in total. The molecular weight excluding hydrogens is 305 g/mol. The van der Waals surface area contributed by atoms with Crippen LogP contribution in [0.5, 0.6) is 0 Å². The van der Waals surface area contributed by atoms with Crippen molar-refractivity contribution in [1.82, 2.24) is 9.78 Å². The zero-order valence-corrected chi connectivity index (χ0v) is 12.1. The summed E-state index contributed by atoms with van der Waals surface area (Å²) in [5, 5.41) is 4.34. The van der Waals surface area contributed by atoms with Gasteiger partial charge in [-0.2, -0.15) is 18.3 Å². The van der Waals surface area contributed by atoms with Crippen molar-refractivity contribution in [3.05, 3.63) is 51.8 Å². The van der Waals surface area contributed by atoms with E-state index < -0.39 is 17.5 Å². The van der Waals surface area contributed by atoms with Crippen molar-refractivity contribution in [2.75, 3.05) is 0 Å². The van der Waals surface area contributed by atoms with Crippen LogP contribution in [-0.4, -0.2) is 15.6 Å². The van der Waals surface area contributed by atoms with Crippen LogP contribution < -0.4 is 0 Å². The van der Waals surface area contributed by atoms with Crippen molar-refractivity contribution in [3.63, 3.8) is 0 Å². The standard InChI is InChI=1S/C14H12ClF3N2O/c1-8-13(15)11(20(2)19-8)7-12(21)9-5-3-4-6-10(9)14(16,17)18/h3-6H,7H2,1-2H3. The van der Waals surface area contributed by atoms with Gasteiger partial charge in [0.05, 0.1) is 28.4 Å². The van der Waals surface area contributed by atoms with Crippen LogP contribution in [0.1, 0.15) is 27.3 Å². The molecule has 1 heterocycles. The Balaban J connectivity index is 2.38. The van der Waals surface area contributed by atoms with Gasteiger partial charge in [-0.1, -0.05) is 29.8 Å². The number of hydrogen-bond donors (Lipinski definition) is 0.